The number of rotatable bonds is 10. The summed E-state index contributed by atoms with van der Waals surface area (Å²) in [6.07, 6.45) is 4.42. The van der Waals surface area contributed by atoms with Gasteiger partial charge < -0.3 is 10.2 Å². The number of pyridine rings is 1. The summed E-state index contributed by atoms with van der Waals surface area (Å²) in [7, 11) is 0. The van der Waals surface area contributed by atoms with Crippen molar-refractivity contribution in [2.75, 3.05) is 26.2 Å². The van der Waals surface area contributed by atoms with Gasteiger partial charge in [0.1, 0.15) is 0 Å². The topological polar surface area (TPSA) is 28.2 Å². The van der Waals surface area contributed by atoms with Gasteiger partial charge in [-0.2, -0.15) is 0 Å². The zero-order valence-corrected chi connectivity index (χ0v) is 12.7. The Bertz CT molecular complexity index is 309. The molecule has 1 aromatic heterocycles. The molecule has 0 atom stereocenters. The first kappa shape index (κ1) is 16.1. The van der Waals surface area contributed by atoms with Gasteiger partial charge >= 0.3 is 0 Å². The number of aromatic nitrogens is 1. The minimum absolute atomic E-state index is 0.843. The van der Waals surface area contributed by atoms with E-state index in [1.54, 1.807) is 0 Å². The van der Waals surface area contributed by atoms with Crippen molar-refractivity contribution in [3.05, 3.63) is 30.1 Å². The van der Waals surface area contributed by atoms with Crippen LogP contribution >= 0.6 is 0 Å². The number of likely N-dealkylation sites (N-methyl/N-ethyl adjacent to an activating group) is 1. The van der Waals surface area contributed by atoms with Crippen molar-refractivity contribution in [3.63, 3.8) is 0 Å². The van der Waals surface area contributed by atoms with E-state index in [0.717, 1.165) is 37.8 Å². The van der Waals surface area contributed by atoms with Crippen LogP contribution in [0.15, 0.2) is 24.4 Å². The highest BCUT2D eigenvalue weighted by atomic mass is 15.1. The fraction of sp³-hybridized carbons (Fsp3) is 0.688. The number of nitrogens with zero attached hydrogens (tertiary/aromatic N) is 2. The zero-order chi connectivity index (χ0) is 13.9. The van der Waals surface area contributed by atoms with Crippen LogP contribution in [0, 0.1) is 5.92 Å². The van der Waals surface area contributed by atoms with Gasteiger partial charge in [0.15, 0.2) is 0 Å². The summed E-state index contributed by atoms with van der Waals surface area (Å²) in [5.41, 5.74) is 1.12. The number of hydrogen-bond acceptors (Lipinski definition) is 3. The second kappa shape index (κ2) is 9.93. The van der Waals surface area contributed by atoms with Crippen LogP contribution < -0.4 is 5.32 Å². The van der Waals surface area contributed by atoms with Crippen molar-refractivity contribution in [3.8, 4) is 0 Å². The normalized spacial score (nSPS) is 11.4. The highest BCUT2D eigenvalue weighted by molar-refractivity contribution is 5.02. The lowest BCUT2D eigenvalue weighted by atomic mass is 10.0. The summed E-state index contributed by atoms with van der Waals surface area (Å²) in [6.45, 7) is 12.2. The van der Waals surface area contributed by atoms with Crippen LogP contribution in [-0.4, -0.2) is 36.1 Å². The van der Waals surface area contributed by atoms with Crippen LogP contribution in [0.2, 0.25) is 0 Å². The highest BCUT2D eigenvalue weighted by Gasteiger charge is 2.09. The molecule has 1 rings (SSSR count). The van der Waals surface area contributed by atoms with Gasteiger partial charge in [0.05, 0.1) is 5.69 Å². The van der Waals surface area contributed by atoms with Crippen LogP contribution in [0.1, 0.15) is 39.3 Å². The number of nitrogens with one attached hydrogen (secondary N) is 1. The molecule has 1 aromatic rings. The molecule has 0 radical (unpaired) electrons. The van der Waals surface area contributed by atoms with Crippen LogP contribution in [0.5, 0.6) is 0 Å². The molecule has 0 fully saturated rings. The average Bonchev–Trinajstić information content (AvgIpc) is 2.48. The molecule has 19 heavy (non-hydrogen) atoms. The molecule has 1 N–H and O–H groups in total. The van der Waals surface area contributed by atoms with Crippen molar-refractivity contribution in [1.29, 1.82) is 0 Å². The third-order valence-electron chi connectivity index (χ3n) is 3.76. The van der Waals surface area contributed by atoms with E-state index in [2.05, 4.69) is 42.0 Å². The quantitative estimate of drug-likeness (QED) is 0.658. The van der Waals surface area contributed by atoms with Crippen molar-refractivity contribution >= 4 is 0 Å². The van der Waals surface area contributed by atoms with E-state index >= 15 is 0 Å². The third kappa shape index (κ3) is 6.69. The summed E-state index contributed by atoms with van der Waals surface area (Å²) in [4.78, 5) is 6.86. The van der Waals surface area contributed by atoms with Gasteiger partial charge in [0.25, 0.3) is 0 Å². The molecular weight excluding hydrogens is 234 g/mol. The molecule has 0 bridgehead atoms. The van der Waals surface area contributed by atoms with Crippen molar-refractivity contribution in [1.82, 2.24) is 15.2 Å². The Kier molecular flexibility index (Phi) is 8.43. The molecule has 3 nitrogen and oxygen atoms in total. The maximum atomic E-state index is 4.31. The van der Waals surface area contributed by atoms with E-state index in [0.29, 0.717) is 0 Å². The predicted molar refractivity (Wildman–Crippen MR) is 82.1 cm³/mol. The minimum atomic E-state index is 0.843. The Morgan fingerprint density at radius 3 is 2.58 bits per heavy atom. The molecule has 1 heterocycles. The van der Waals surface area contributed by atoms with E-state index < -0.39 is 0 Å². The van der Waals surface area contributed by atoms with Gasteiger partial charge in [-0.3, -0.25) is 4.98 Å². The number of hydrogen-bond donors (Lipinski definition) is 1. The van der Waals surface area contributed by atoms with Gasteiger partial charge in [-0.1, -0.05) is 39.7 Å². The maximum absolute atomic E-state index is 4.31. The summed E-state index contributed by atoms with van der Waals surface area (Å²) in [5, 5.41) is 3.47. The first-order chi connectivity index (χ1) is 9.30. The fourth-order valence-electron chi connectivity index (χ4n) is 2.25. The monoisotopic (exact) mass is 263 g/mol. The average molecular weight is 263 g/mol. The first-order valence-corrected chi connectivity index (χ1v) is 7.63. The molecule has 3 heteroatoms. The van der Waals surface area contributed by atoms with Crippen LogP contribution in [0.25, 0.3) is 0 Å². The Balaban J connectivity index is 2.19. The van der Waals surface area contributed by atoms with E-state index in [-0.39, 0.29) is 0 Å². The molecule has 0 aliphatic carbocycles. The maximum Gasteiger partial charge on any atom is 0.0541 e. The predicted octanol–water partition coefficient (Wildman–Crippen LogP) is 2.93. The molecule has 0 aliphatic heterocycles. The molecule has 108 valence electrons. The molecule has 0 aromatic carbocycles. The van der Waals surface area contributed by atoms with Crippen LogP contribution in [0.3, 0.4) is 0 Å². The van der Waals surface area contributed by atoms with Crippen molar-refractivity contribution in [2.45, 2.75) is 40.2 Å². The molecule has 0 spiro atoms. The lowest BCUT2D eigenvalue weighted by Gasteiger charge is -2.25. The van der Waals surface area contributed by atoms with E-state index in [9.17, 15) is 0 Å². The Morgan fingerprint density at radius 1 is 1.21 bits per heavy atom. The third-order valence-corrected chi connectivity index (χ3v) is 3.76. The van der Waals surface area contributed by atoms with Crippen LogP contribution in [0.4, 0.5) is 0 Å². The van der Waals surface area contributed by atoms with Crippen molar-refractivity contribution in [2.24, 2.45) is 5.92 Å². The second-order valence-electron chi connectivity index (χ2n) is 5.07. The zero-order valence-electron chi connectivity index (χ0n) is 12.7. The summed E-state index contributed by atoms with van der Waals surface area (Å²) < 4.78 is 0. The van der Waals surface area contributed by atoms with Gasteiger partial charge in [-0.25, -0.2) is 0 Å². The van der Waals surface area contributed by atoms with Gasteiger partial charge in [0.2, 0.25) is 0 Å². The van der Waals surface area contributed by atoms with Gasteiger partial charge in [-0.05, 0) is 24.6 Å². The Labute approximate surface area is 118 Å². The standard InChI is InChI=1S/C16H29N3/c1-4-15(5-2)14-19(6-3)12-11-17-13-16-9-7-8-10-18-16/h7-10,15,17H,4-6,11-14H2,1-3H3. The molecule has 0 amide bonds. The lowest BCUT2D eigenvalue weighted by Crippen LogP contribution is -2.35. The molecular formula is C16H29N3. The highest BCUT2D eigenvalue weighted by Crippen LogP contribution is 2.09. The van der Waals surface area contributed by atoms with Gasteiger partial charge in [0, 0.05) is 32.4 Å². The minimum Gasteiger partial charge on any atom is -0.310 e. The molecule has 0 saturated carbocycles. The summed E-state index contributed by atoms with van der Waals surface area (Å²) in [6, 6.07) is 6.06. The Morgan fingerprint density at radius 2 is 2.00 bits per heavy atom. The fourth-order valence-corrected chi connectivity index (χ4v) is 2.25. The Hall–Kier alpha value is -0.930. The molecule has 0 saturated heterocycles. The summed E-state index contributed by atoms with van der Waals surface area (Å²) >= 11 is 0. The van der Waals surface area contributed by atoms with E-state index in [1.807, 2.05) is 18.3 Å². The molecule has 0 aliphatic rings. The first-order valence-electron chi connectivity index (χ1n) is 7.63. The molecule has 0 unspecified atom stereocenters. The lowest BCUT2D eigenvalue weighted by molar-refractivity contribution is 0.233. The smallest absolute Gasteiger partial charge is 0.0541 e. The SMILES string of the molecule is CCC(CC)CN(CC)CCNCc1ccccn1. The summed E-state index contributed by atoms with van der Waals surface area (Å²) in [5.74, 6) is 0.843. The van der Waals surface area contributed by atoms with Crippen LogP contribution in [-0.2, 0) is 6.54 Å². The van der Waals surface area contributed by atoms with Crippen molar-refractivity contribution < 1.29 is 0 Å². The van der Waals surface area contributed by atoms with Gasteiger partial charge in [-0.15, -0.1) is 0 Å². The van der Waals surface area contributed by atoms with E-state index in [1.165, 1.54) is 19.4 Å². The largest absolute Gasteiger partial charge is 0.310 e. The second-order valence-corrected chi connectivity index (χ2v) is 5.07. The van der Waals surface area contributed by atoms with E-state index in [4.69, 9.17) is 0 Å².